The lowest BCUT2D eigenvalue weighted by atomic mass is 9.97. The number of rotatable bonds is 8. The van der Waals surface area contributed by atoms with E-state index in [1.165, 1.54) is 6.26 Å². The van der Waals surface area contributed by atoms with E-state index in [4.69, 9.17) is 9.15 Å². The summed E-state index contributed by atoms with van der Waals surface area (Å²) >= 11 is 0. The van der Waals surface area contributed by atoms with Crippen LogP contribution in [0.2, 0.25) is 0 Å². The highest BCUT2D eigenvalue weighted by atomic mass is 16.6. The number of benzene rings is 2. The van der Waals surface area contributed by atoms with Gasteiger partial charge in [-0.25, -0.2) is 0 Å². The average Bonchev–Trinajstić information content (AvgIpc) is 3.20. The molecule has 0 saturated heterocycles. The second-order valence-electron chi connectivity index (χ2n) is 5.91. The van der Waals surface area contributed by atoms with Crippen LogP contribution in [-0.4, -0.2) is 18.1 Å². The van der Waals surface area contributed by atoms with Crippen molar-refractivity contribution in [2.75, 3.05) is 12.4 Å². The Balaban J connectivity index is 1.89. The van der Waals surface area contributed by atoms with Crippen LogP contribution in [0.15, 0.2) is 77.4 Å². The molecule has 0 spiro atoms. The monoisotopic (exact) mass is 352 g/mol. The Labute approximate surface area is 151 Å². The van der Waals surface area contributed by atoms with Crippen molar-refractivity contribution in [3.05, 3.63) is 94.4 Å². The van der Waals surface area contributed by atoms with Gasteiger partial charge in [-0.05, 0) is 42.0 Å². The molecule has 1 N–H and O–H groups in total. The zero-order chi connectivity index (χ0) is 18.4. The molecule has 3 aromatic rings. The summed E-state index contributed by atoms with van der Waals surface area (Å²) < 4.78 is 10.6. The van der Waals surface area contributed by atoms with E-state index in [0.717, 1.165) is 17.0 Å². The van der Waals surface area contributed by atoms with E-state index < -0.39 is 12.1 Å². The predicted molar refractivity (Wildman–Crippen MR) is 99.0 cm³/mol. The molecular weight excluding hydrogens is 332 g/mol. The van der Waals surface area contributed by atoms with Crippen molar-refractivity contribution in [2.45, 2.75) is 18.5 Å². The first kappa shape index (κ1) is 17.5. The second-order valence-corrected chi connectivity index (χ2v) is 5.91. The molecule has 6 nitrogen and oxygen atoms in total. The molecule has 1 aromatic heterocycles. The van der Waals surface area contributed by atoms with Crippen LogP contribution < -0.4 is 10.1 Å². The maximum Gasteiger partial charge on any atom is 0.244 e. The van der Waals surface area contributed by atoms with Crippen molar-refractivity contribution in [1.29, 1.82) is 0 Å². The van der Waals surface area contributed by atoms with Gasteiger partial charge in [0.15, 0.2) is 6.04 Å². The van der Waals surface area contributed by atoms with Crippen molar-refractivity contribution >= 4 is 5.69 Å². The molecule has 0 aliphatic heterocycles. The topological polar surface area (TPSA) is 77.5 Å². The highest BCUT2D eigenvalue weighted by molar-refractivity contribution is 5.48. The fraction of sp³-hybridized carbons (Fsp3) is 0.200. The molecule has 0 bridgehead atoms. The standard InChI is InChI=1S/C20H20N2O4/c1-25-17-11-9-16(10-12-17)21-20(19-8-5-13-26-19)18(22(23)24)14-15-6-3-2-4-7-15/h2-13,18,20-21H,14H2,1H3/t18-,20-/m1/s1. The van der Waals surface area contributed by atoms with Crippen LogP contribution in [-0.2, 0) is 6.42 Å². The van der Waals surface area contributed by atoms with Gasteiger partial charge in [-0.15, -0.1) is 0 Å². The first-order chi connectivity index (χ1) is 12.7. The molecule has 0 aliphatic carbocycles. The first-order valence-electron chi connectivity index (χ1n) is 8.29. The van der Waals surface area contributed by atoms with Gasteiger partial charge in [0.25, 0.3) is 0 Å². The third-order valence-electron chi connectivity index (χ3n) is 4.21. The van der Waals surface area contributed by atoms with E-state index in [0.29, 0.717) is 12.2 Å². The van der Waals surface area contributed by atoms with Gasteiger partial charge in [0, 0.05) is 17.0 Å². The molecule has 3 rings (SSSR count). The predicted octanol–water partition coefficient (Wildman–Crippen LogP) is 4.33. The number of anilines is 1. The van der Waals surface area contributed by atoms with Crippen molar-refractivity contribution in [2.24, 2.45) is 0 Å². The number of furan rings is 1. The molecule has 1 heterocycles. The Morgan fingerprint density at radius 3 is 2.38 bits per heavy atom. The molecule has 0 fully saturated rings. The summed E-state index contributed by atoms with van der Waals surface area (Å²) in [6, 6.07) is 18.7. The van der Waals surface area contributed by atoms with E-state index in [1.54, 1.807) is 31.4 Å². The van der Waals surface area contributed by atoms with Crippen LogP contribution in [0, 0.1) is 10.1 Å². The molecule has 0 amide bonds. The summed E-state index contributed by atoms with van der Waals surface area (Å²) in [5.74, 6) is 1.25. The molecule has 0 radical (unpaired) electrons. The lowest BCUT2D eigenvalue weighted by molar-refractivity contribution is -0.525. The Morgan fingerprint density at radius 1 is 1.08 bits per heavy atom. The molecule has 134 valence electrons. The van der Waals surface area contributed by atoms with Crippen LogP contribution in [0.5, 0.6) is 5.75 Å². The zero-order valence-electron chi connectivity index (χ0n) is 14.4. The van der Waals surface area contributed by atoms with Gasteiger partial charge in [-0.2, -0.15) is 0 Å². The van der Waals surface area contributed by atoms with Gasteiger partial charge >= 0.3 is 0 Å². The Bertz CT molecular complexity index is 817. The minimum absolute atomic E-state index is 0.253. The Kier molecular flexibility index (Phi) is 5.53. The fourth-order valence-electron chi connectivity index (χ4n) is 2.86. The maximum absolute atomic E-state index is 11.8. The highest BCUT2D eigenvalue weighted by Crippen LogP contribution is 2.28. The number of methoxy groups -OCH3 is 1. The summed E-state index contributed by atoms with van der Waals surface area (Å²) in [5, 5.41) is 15.1. The summed E-state index contributed by atoms with van der Waals surface area (Å²) in [5.41, 5.74) is 1.66. The van der Waals surface area contributed by atoms with Gasteiger partial charge < -0.3 is 14.5 Å². The normalized spacial score (nSPS) is 13.0. The summed E-state index contributed by atoms with van der Waals surface area (Å²) in [4.78, 5) is 11.6. The minimum Gasteiger partial charge on any atom is -0.497 e. The van der Waals surface area contributed by atoms with E-state index in [1.807, 2.05) is 42.5 Å². The van der Waals surface area contributed by atoms with Crippen LogP contribution >= 0.6 is 0 Å². The van der Waals surface area contributed by atoms with E-state index in [2.05, 4.69) is 5.32 Å². The van der Waals surface area contributed by atoms with Gasteiger partial charge in [0.05, 0.1) is 13.4 Å². The Morgan fingerprint density at radius 2 is 1.81 bits per heavy atom. The van der Waals surface area contributed by atoms with E-state index in [-0.39, 0.29) is 4.92 Å². The van der Waals surface area contributed by atoms with Crippen LogP contribution in [0.4, 0.5) is 5.69 Å². The molecule has 2 atom stereocenters. The van der Waals surface area contributed by atoms with E-state index in [9.17, 15) is 10.1 Å². The van der Waals surface area contributed by atoms with Crippen LogP contribution in [0.25, 0.3) is 0 Å². The maximum atomic E-state index is 11.8. The van der Waals surface area contributed by atoms with E-state index >= 15 is 0 Å². The average molecular weight is 352 g/mol. The number of nitro groups is 1. The lowest BCUT2D eigenvalue weighted by Gasteiger charge is -2.22. The summed E-state index contributed by atoms with van der Waals surface area (Å²) in [7, 11) is 1.59. The summed E-state index contributed by atoms with van der Waals surface area (Å²) in [6.07, 6.45) is 1.82. The number of ether oxygens (including phenoxy) is 1. The first-order valence-corrected chi connectivity index (χ1v) is 8.29. The molecule has 0 saturated carbocycles. The smallest absolute Gasteiger partial charge is 0.244 e. The number of hydrogen-bond acceptors (Lipinski definition) is 5. The van der Waals surface area contributed by atoms with Gasteiger partial charge in [-0.1, -0.05) is 30.3 Å². The Hall–Kier alpha value is -3.28. The second kappa shape index (κ2) is 8.20. The van der Waals surface area contributed by atoms with Crippen molar-refractivity contribution in [3.63, 3.8) is 0 Å². The molecule has 0 unspecified atom stereocenters. The fourth-order valence-corrected chi connectivity index (χ4v) is 2.86. The highest BCUT2D eigenvalue weighted by Gasteiger charge is 2.35. The van der Waals surface area contributed by atoms with Gasteiger partial charge in [0.2, 0.25) is 6.04 Å². The van der Waals surface area contributed by atoms with Crippen LogP contribution in [0.3, 0.4) is 0 Å². The van der Waals surface area contributed by atoms with Crippen molar-refractivity contribution < 1.29 is 14.1 Å². The third-order valence-corrected chi connectivity index (χ3v) is 4.21. The molecule has 6 heteroatoms. The van der Waals surface area contributed by atoms with Gasteiger partial charge in [-0.3, -0.25) is 10.1 Å². The molecule has 2 aromatic carbocycles. The molecular formula is C20H20N2O4. The number of hydrogen-bond donors (Lipinski definition) is 1. The third kappa shape index (κ3) is 4.22. The quantitative estimate of drug-likeness (QED) is 0.482. The SMILES string of the molecule is COc1ccc(N[C@@H](c2ccco2)[C@@H](Cc2ccccc2)[N+](=O)[O-])cc1. The van der Waals surface area contributed by atoms with Crippen molar-refractivity contribution in [1.82, 2.24) is 0 Å². The number of nitrogens with zero attached hydrogens (tertiary/aromatic N) is 1. The summed E-state index contributed by atoms with van der Waals surface area (Å²) in [6.45, 7) is 0. The number of nitrogens with one attached hydrogen (secondary N) is 1. The molecule has 0 aliphatic rings. The largest absolute Gasteiger partial charge is 0.497 e. The van der Waals surface area contributed by atoms with Crippen molar-refractivity contribution in [3.8, 4) is 5.75 Å². The molecule has 26 heavy (non-hydrogen) atoms. The zero-order valence-corrected chi connectivity index (χ0v) is 14.4. The minimum atomic E-state index is -0.884. The van der Waals surface area contributed by atoms with Crippen LogP contribution in [0.1, 0.15) is 17.4 Å². The van der Waals surface area contributed by atoms with Gasteiger partial charge in [0.1, 0.15) is 11.5 Å². The lowest BCUT2D eigenvalue weighted by Crippen LogP contribution is -2.34.